The summed E-state index contributed by atoms with van der Waals surface area (Å²) in [4.78, 5) is 0. The van der Waals surface area contributed by atoms with Crippen LogP contribution >= 0.6 is 0 Å². The first-order valence-corrected chi connectivity index (χ1v) is 7.05. The number of aliphatic hydroxyl groups is 1. The van der Waals surface area contributed by atoms with Crippen LogP contribution in [0.1, 0.15) is 35.5 Å². The zero-order valence-electron chi connectivity index (χ0n) is 12.4. The minimum atomic E-state index is 0.120. The molecule has 1 aromatic heterocycles. The molecule has 1 unspecified atom stereocenters. The van der Waals surface area contributed by atoms with Crippen molar-refractivity contribution in [2.75, 3.05) is 6.61 Å². The maximum atomic E-state index is 9.03. The van der Waals surface area contributed by atoms with Crippen molar-refractivity contribution < 1.29 is 5.11 Å². The van der Waals surface area contributed by atoms with E-state index in [-0.39, 0.29) is 6.61 Å². The highest BCUT2D eigenvalue weighted by Gasteiger charge is 2.12. The van der Waals surface area contributed by atoms with Crippen LogP contribution in [0, 0.1) is 13.8 Å². The Balaban J connectivity index is 2.04. The molecule has 1 aromatic carbocycles. The molecule has 0 aliphatic heterocycles. The average Bonchev–Trinajstić information content (AvgIpc) is 2.72. The van der Waals surface area contributed by atoms with Crippen LogP contribution in [0.2, 0.25) is 0 Å². The van der Waals surface area contributed by atoms with E-state index in [1.807, 2.05) is 17.7 Å². The number of hydrogen-bond acceptors (Lipinski definition) is 3. The largest absolute Gasteiger partial charge is 0.394 e. The van der Waals surface area contributed by atoms with E-state index >= 15 is 0 Å². The summed E-state index contributed by atoms with van der Waals surface area (Å²) in [7, 11) is 0. The van der Waals surface area contributed by atoms with E-state index < -0.39 is 0 Å². The van der Waals surface area contributed by atoms with Crippen LogP contribution in [0.3, 0.4) is 0 Å². The van der Waals surface area contributed by atoms with E-state index in [4.69, 9.17) is 5.11 Å². The van der Waals surface area contributed by atoms with Crippen LogP contribution < -0.4 is 5.32 Å². The van der Waals surface area contributed by atoms with E-state index in [0.717, 1.165) is 17.9 Å². The van der Waals surface area contributed by atoms with Gasteiger partial charge in [0.15, 0.2) is 0 Å². The molecule has 0 radical (unpaired) electrons. The van der Waals surface area contributed by atoms with Gasteiger partial charge in [0, 0.05) is 23.8 Å². The maximum Gasteiger partial charge on any atom is 0.0644 e. The Bertz CT molecular complexity index is 548. The second-order valence-corrected chi connectivity index (χ2v) is 5.11. The van der Waals surface area contributed by atoms with Crippen molar-refractivity contribution in [1.29, 1.82) is 0 Å². The molecule has 0 bridgehead atoms. The van der Waals surface area contributed by atoms with Crippen molar-refractivity contribution in [3.8, 4) is 0 Å². The van der Waals surface area contributed by atoms with Gasteiger partial charge in [-0.05, 0) is 26.3 Å². The summed E-state index contributed by atoms with van der Waals surface area (Å²) < 4.78 is 1.87. The number of aliphatic hydroxyl groups excluding tert-OH is 1. The van der Waals surface area contributed by atoms with Gasteiger partial charge in [-0.1, -0.05) is 30.3 Å². The Hall–Kier alpha value is -1.65. The molecule has 0 spiro atoms. The molecular formula is C16H23N3O. The summed E-state index contributed by atoms with van der Waals surface area (Å²) in [5, 5.41) is 17.0. The highest BCUT2D eigenvalue weighted by atomic mass is 16.3. The molecule has 0 saturated carbocycles. The van der Waals surface area contributed by atoms with Crippen molar-refractivity contribution in [2.45, 2.75) is 39.9 Å². The summed E-state index contributed by atoms with van der Waals surface area (Å²) in [6.07, 6.45) is 0. The Morgan fingerprint density at radius 3 is 2.60 bits per heavy atom. The molecule has 1 atom stereocenters. The van der Waals surface area contributed by atoms with Crippen LogP contribution in [0.5, 0.6) is 0 Å². The molecule has 0 saturated heterocycles. The molecule has 20 heavy (non-hydrogen) atoms. The van der Waals surface area contributed by atoms with Gasteiger partial charge < -0.3 is 10.4 Å². The summed E-state index contributed by atoms with van der Waals surface area (Å²) in [6, 6.07) is 10.7. The Labute approximate surface area is 120 Å². The van der Waals surface area contributed by atoms with E-state index in [1.54, 1.807) is 0 Å². The molecule has 2 N–H and O–H groups in total. The van der Waals surface area contributed by atoms with Crippen LogP contribution in [-0.2, 0) is 13.1 Å². The lowest BCUT2D eigenvalue weighted by Crippen LogP contribution is -2.19. The smallest absolute Gasteiger partial charge is 0.0644 e. The zero-order valence-corrected chi connectivity index (χ0v) is 12.4. The fourth-order valence-electron chi connectivity index (χ4n) is 2.42. The molecule has 0 fully saturated rings. The van der Waals surface area contributed by atoms with Gasteiger partial charge in [-0.2, -0.15) is 5.10 Å². The zero-order chi connectivity index (χ0) is 14.5. The number of aryl methyl sites for hydroxylation is 1. The fourth-order valence-corrected chi connectivity index (χ4v) is 2.42. The van der Waals surface area contributed by atoms with E-state index in [9.17, 15) is 0 Å². The number of nitrogens with zero attached hydrogens (tertiary/aromatic N) is 2. The van der Waals surface area contributed by atoms with Gasteiger partial charge in [0.2, 0.25) is 0 Å². The van der Waals surface area contributed by atoms with Crippen molar-refractivity contribution >= 4 is 0 Å². The molecule has 0 aliphatic rings. The highest BCUT2D eigenvalue weighted by molar-refractivity contribution is 5.25. The molecule has 0 aliphatic carbocycles. The van der Waals surface area contributed by atoms with Gasteiger partial charge in [0.05, 0.1) is 18.8 Å². The summed E-state index contributed by atoms with van der Waals surface area (Å²) in [5.41, 5.74) is 4.67. The number of benzene rings is 1. The van der Waals surface area contributed by atoms with Crippen LogP contribution in [0.4, 0.5) is 0 Å². The molecule has 2 aromatic rings. The highest BCUT2D eigenvalue weighted by Crippen LogP contribution is 2.16. The van der Waals surface area contributed by atoms with Gasteiger partial charge in [-0.25, -0.2) is 0 Å². The maximum absolute atomic E-state index is 9.03. The minimum absolute atomic E-state index is 0.120. The van der Waals surface area contributed by atoms with Gasteiger partial charge >= 0.3 is 0 Å². The quantitative estimate of drug-likeness (QED) is 0.849. The summed E-state index contributed by atoms with van der Waals surface area (Å²) >= 11 is 0. The Kier molecular flexibility index (Phi) is 4.93. The third-order valence-electron chi connectivity index (χ3n) is 3.73. The lowest BCUT2D eigenvalue weighted by molar-refractivity contribution is 0.267. The minimum Gasteiger partial charge on any atom is -0.394 e. The standard InChI is InChI=1S/C16H23N3O/c1-12(15-7-5-4-6-8-15)17-11-16-13(2)18-19(9-10-20)14(16)3/h4-8,12,17,20H,9-11H2,1-3H3. The topological polar surface area (TPSA) is 50.1 Å². The molecule has 2 rings (SSSR count). The monoisotopic (exact) mass is 273 g/mol. The summed E-state index contributed by atoms with van der Waals surface area (Å²) in [5.74, 6) is 0. The Morgan fingerprint density at radius 2 is 1.95 bits per heavy atom. The molecule has 0 amide bonds. The number of nitrogens with one attached hydrogen (secondary N) is 1. The van der Waals surface area contributed by atoms with Crippen LogP contribution in [0.15, 0.2) is 30.3 Å². The normalized spacial score (nSPS) is 12.6. The van der Waals surface area contributed by atoms with Crippen LogP contribution in [-0.4, -0.2) is 21.5 Å². The van der Waals surface area contributed by atoms with Gasteiger partial charge in [0.1, 0.15) is 0 Å². The van der Waals surface area contributed by atoms with E-state index in [0.29, 0.717) is 12.6 Å². The number of aromatic nitrogens is 2. The van der Waals surface area contributed by atoms with Gasteiger partial charge in [-0.3, -0.25) is 4.68 Å². The van der Waals surface area contributed by atoms with Crippen molar-refractivity contribution in [1.82, 2.24) is 15.1 Å². The predicted octanol–water partition coefficient (Wildman–Crippen LogP) is 2.34. The van der Waals surface area contributed by atoms with Gasteiger partial charge in [0.25, 0.3) is 0 Å². The molecule has 1 heterocycles. The van der Waals surface area contributed by atoms with Crippen molar-refractivity contribution in [2.24, 2.45) is 0 Å². The van der Waals surface area contributed by atoms with Gasteiger partial charge in [-0.15, -0.1) is 0 Å². The van der Waals surface area contributed by atoms with Crippen molar-refractivity contribution in [3.63, 3.8) is 0 Å². The average molecular weight is 273 g/mol. The van der Waals surface area contributed by atoms with Crippen molar-refractivity contribution in [3.05, 3.63) is 52.8 Å². The molecular weight excluding hydrogens is 250 g/mol. The third kappa shape index (κ3) is 3.26. The lowest BCUT2D eigenvalue weighted by atomic mass is 10.1. The first-order chi connectivity index (χ1) is 9.63. The molecule has 4 heteroatoms. The second-order valence-electron chi connectivity index (χ2n) is 5.11. The lowest BCUT2D eigenvalue weighted by Gasteiger charge is -2.14. The van der Waals surface area contributed by atoms with E-state index in [2.05, 4.69) is 48.5 Å². The number of rotatable bonds is 6. The van der Waals surface area contributed by atoms with E-state index in [1.165, 1.54) is 11.1 Å². The first kappa shape index (κ1) is 14.8. The predicted molar refractivity (Wildman–Crippen MR) is 80.5 cm³/mol. The molecule has 4 nitrogen and oxygen atoms in total. The Morgan fingerprint density at radius 1 is 1.25 bits per heavy atom. The summed E-state index contributed by atoms with van der Waals surface area (Å²) in [6.45, 7) is 7.71. The first-order valence-electron chi connectivity index (χ1n) is 7.05. The number of hydrogen-bond donors (Lipinski definition) is 2. The SMILES string of the molecule is Cc1nn(CCO)c(C)c1CNC(C)c1ccccc1. The molecule has 108 valence electrons. The third-order valence-corrected chi connectivity index (χ3v) is 3.73. The fraction of sp³-hybridized carbons (Fsp3) is 0.438. The second kappa shape index (κ2) is 6.68. The van der Waals surface area contributed by atoms with Crippen LogP contribution in [0.25, 0.3) is 0 Å².